The molecular formula is C13H18N2. The summed E-state index contributed by atoms with van der Waals surface area (Å²) in [4.78, 5) is 0. The molecule has 0 bridgehead atoms. The molecule has 0 aliphatic rings. The van der Waals surface area contributed by atoms with Gasteiger partial charge in [-0.3, -0.25) is 5.32 Å². The van der Waals surface area contributed by atoms with Crippen LogP contribution in [0.5, 0.6) is 0 Å². The van der Waals surface area contributed by atoms with Crippen LogP contribution >= 0.6 is 0 Å². The lowest BCUT2D eigenvalue weighted by molar-refractivity contribution is 0.490. The molecule has 2 atom stereocenters. The minimum Gasteiger partial charge on any atom is -0.299 e. The molecule has 1 rings (SSSR count). The summed E-state index contributed by atoms with van der Waals surface area (Å²) in [5.74, 6) is 0. The molecule has 0 spiro atoms. The molecule has 15 heavy (non-hydrogen) atoms. The predicted octanol–water partition coefficient (Wildman–Crippen LogP) is 2.51. The highest BCUT2D eigenvalue weighted by molar-refractivity contribution is 5.15. The van der Waals surface area contributed by atoms with E-state index in [1.165, 1.54) is 5.56 Å². The summed E-state index contributed by atoms with van der Waals surface area (Å²) in [6.45, 7) is 4.14. The fourth-order valence-electron chi connectivity index (χ4n) is 1.62. The molecule has 0 aliphatic heterocycles. The number of hydrogen-bond donors (Lipinski definition) is 1. The van der Waals surface area contributed by atoms with E-state index in [1.54, 1.807) is 0 Å². The predicted molar refractivity (Wildman–Crippen MR) is 62.4 cm³/mol. The van der Waals surface area contributed by atoms with E-state index in [1.807, 2.05) is 25.1 Å². The topological polar surface area (TPSA) is 35.8 Å². The van der Waals surface area contributed by atoms with Crippen molar-refractivity contribution in [1.82, 2.24) is 5.32 Å². The maximum absolute atomic E-state index is 8.83. The van der Waals surface area contributed by atoms with Crippen LogP contribution in [0.1, 0.15) is 25.8 Å². The number of nitriles is 1. The fourth-order valence-corrected chi connectivity index (χ4v) is 1.62. The van der Waals surface area contributed by atoms with E-state index in [4.69, 9.17) is 5.26 Å². The second-order valence-corrected chi connectivity index (χ2v) is 3.85. The van der Waals surface area contributed by atoms with Crippen molar-refractivity contribution in [2.45, 2.75) is 38.8 Å². The van der Waals surface area contributed by atoms with Gasteiger partial charge < -0.3 is 0 Å². The summed E-state index contributed by atoms with van der Waals surface area (Å²) >= 11 is 0. The molecule has 1 N–H and O–H groups in total. The fraction of sp³-hybridized carbons (Fsp3) is 0.462. The van der Waals surface area contributed by atoms with Gasteiger partial charge in [-0.15, -0.1) is 0 Å². The van der Waals surface area contributed by atoms with Gasteiger partial charge in [0.15, 0.2) is 0 Å². The third-order valence-electron chi connectivity index (χ3n) is 2.43. The van der Waals surface area contributed by atoms with Crippen LogP contribution in [0.15, 0.2) is 30.3 Å². The standard InChI is InChI=1S/C13H18N2/c1-3-13(10-14)15-11(2)9-12-7-5-4-6-8-12/h4-8,11,13,15H,3,9H2,1-2H3. The Morgan fingerprint density at radius 1 is 1.33 bits per heavy atom. The zero-order chi connectivity index (χ0) is 11.1. The molecule has 0 amide bonds. The summed E-state index contributed by atoms with van der Waals surface area (Å²) in [5, 5.41) is 12.1. The second-order valence-electron chi connectivity index (χ2n) is 3.85. The maximum atomic E-state index is 8.83. The van der Waals surface area contributed by atoms with Crippen molar-refractivity contribution >= 4 is 0 Å². The average Bonchev–Trinajstić information content (AvgIpc) is 2.27. The van der Waals surface area contributed by atoms with E-state index in [2.05, 4.69) is 30.4 Å². The van der Waals surface area contributed by atoms with Gasteiger partial charge in [0.05, 0.1) is 12.1 Å². The highest BCUT2D eigenvalue weighted by atomic mass is 14.9. The number of nitrogens with zero attached hydrogens (tertiary/aromatic N) is 1. The Morgan fingerprint density at radius 2 is 2.00 bits per heavy atom. The van der Waals surface area contributed by atoms with Crippen LogP contribution in [0, 0.1) is 11.3 Å². The molecule has 2 nitrogen and oxygen atoms in total. The zero-order valence-electron chi connectivity index (χ0n) is 9.40. The Labute approximate surface area is 91.9 Å². The Morgan fingerprint density at radius 3 is 2.53 bits per heavy atom. The van der Waals surface area contributed by atoms with Crippen LogP contribution in [0.2, 0.25) is 0 Å². The Balaban J connectivity index is 2.43. The molecule has 2 heteroatoms. The lowest BCUT2D eigenvalue weighted by atomic mass is 10.1. The van der Waals surface area contributed by atoms with Gasteiger partial charge in [0.25, 0.3) is 0 Å². The molecule has 1 aromatic rings. The molecule has 2 unspecified atom stereocenters. The molecule has 80 valence electrons. The number of benzene rings is 1. The number of rotatable bonds is 5. The molecule has 0 saturated carbocycles. The van der Waals surface area contributed by atoms with Gasteiger partial charge in [-0.05, 0) is 25.3 Å². The van der Waals surface area contributed by atoms with Gasteiger partial charge in [0, 0.05) is 6.04 Å². The van der Waals surface area contributed by atoms with Crippen LogP contribution in [-0.2, 0) is 6.42 Å². The van der Waals surface area contributed by atoms with Crippen LogP contribution < -0.4 is 5.32 Å². The molecule has 0 aromatic heterocycles. The van der Waals surface area contributed by atoms with E-state index >= 15 is 0 Å². The summed E-state index contributed by atoms with van der Waals surface area (Å²) < 4.78 is 0. The van der Waals surface area contributed by atoms with E-state index < -0.39 is 0 Å². The van der Waals surface area contributed by atoms with E-state index in [0.717, 1.165) is 12.8 Å². The first kappa shape index (κ1) is 11.7. The quantitative estimate of drug-likeness (QED) is 0.796. The Hall–Kier alpha value is -1.33. The molecule has 0 fully saturated rings. The summed E-state index contributed by atoms with van der Waals surface area (Å²) in [7, 11) is 0. The Bertz CT molecular complexity index is 313. The first-order chi connectivity index (χ1) is 7.26. The van der Waals surface area contributed by atoms with Crippen LogP contribution in [-0.4, -0.2) is 12.1 Å². The van der Waals surface area contributed by atoms with Gasteiger partial charge >= 0.3 is 0 Å². The van der Waals surface area contributed by atoms with Crippen molar-refractivity contribution in [3.8, 4) is 6.07 Å². The largest absolute Gasteiger partial charge is 0.299 e. The third kappa shape index (κ3) is 4.14. The first-order valence-corrected chi connectivity index (χ1v) is 5.45. The number of nitrogens with one attached hydrogen (secondary N) is 1. The van der Waals surface area contributed by atoms with Crippen molar-refractivity contribution in [3.05, 3.63) is 35.9 Å². The van der Waals surface area contributed by atoms with Crippen molar-refractivity contribution in [1.29, 1.82) is 5.26 Å². The van der Waals surface area contributed by atoms with Crippen molar-refractivity contribution in [3.63, 3.8) is 0 Å². The van der Waals surface area contributed by atoms with Crippen LogP contribution in [0.4, 0.5) is 0 Å². The second kappa shape index (κ2) is 6.21. The number of hydrogen-bond acceptors (Lipinski definition) is 2. The highest BCUT2D eigenvalue weighted by Crippen LogP contribution is 2.03. The average molecular weight is 202 g/mol. The smallest absolute Gasteiger partial charge is 0.0952 e. The Kier molecular flexibility index (Phi) is 4.86. The lowest BCUT2D eigenvalue weighted by Crippen LogP contribution is -2.36. The van der Waals surface area contributed by atoms with E-state index in [9.17, 15) is 0 Å². The van der Waals surface area contributed by atoms with Gasteiger partial charge in [-0.2, -0.15) is 5.26 Å². The monoisotopic (exact) mass is 202 g/mol. The normalized spacial score (nSPS) is 14.2. The molecule has 0 aliphatic carbocycles. The summed E-state index contributed by atoms with van der Waals surface area (Å²) in [6.07, 6.45) is 1.83. The molecule has 0 heterocycles. The van der Waals surface area contributed by atoms with Gasteiger partial charge in [-0.1, -0.05) is 37.3 Å². The zero-order valence-corrected chi connectivity index (χ0v) is 9.40. The van der Waals surface area contributed by atoms with Crippen molar-refractivity contribution < 1.29 is 0 Å². The molecule has 0 radical (unpaired) electrons. The minimum atomic E-state index is -0.0243. The molecular weight excluding hydrogens is 184 g/mol. The lowest BCUT2D eigenvalue weighted by Gasteiger charge is -2.16. The third-order valence-corrected chi connectivity index (χ3v) is 2.43. The van der Waals surface area contributed by atoms with Gasteiger partial charge in [0.1, 0.15) is 0 Å². The van der Waals surface area contributed by atoms with E-state index in [-0.39, 0.29) is 6.04 Å². The molecule has 0 saturated heterocycles. The van der Waals surface area contributed by atoms with Crippen molar-refractivity contribution in [2.24, 2.45) is 0 Å². The summed E-state index contributed by atoms with van der Waals surface area (Å²) in [5.41, 5.74) is 1.31. The van der Waals surface area contributed by atoms with Gasteiger partial charge in [0.2, 0.25) is 0 Å². The van der Waals surface area contributed by atoms with Crippen LogP contribution in [0.3, 0.4) is 0 Å². The molecule has 1 aromatic carbocycles. The maximum Gasteiger partial charge on any atom is 0.0952 e. The highest BCUT2D eigenvalue weighted by Gasteiger charge is 2.08. The van der Waals surface area contributed by atoms with E-state index in [0.29, 0.717) is 6.04 Å². The minimum absolute atomic E-state index is 0.0243. The van der Waals surface area contributed by atoms with Gasteiger partial charge in [-0.25, -0.2) is 0 Å². The summed E-state index contributed by atoms with van der Waals surface area (Å²) in [6, 6.07) is 12.9. The van der Waals surface area contributed by atoms with Crippen LogP contribution in [0.25, 0.3) is 0 Å². The SMILES string of the molecule is CCC(C#N)NC(C)Cc1ccccc1. The van der Waals surface area contributed by atoms with Crippen molar-refractivity contribution in [2.75, 3.05) is 0 Å². The first-order valence-electron chi connectivity index (χ1n) is 5.45.